The van der Waals surface area contributed by atoms with Crippen molar-refractivity contribution in [3.63, 3.8) is 0 Å². The number of nitrogens with zero attached hydrogens (tertiary/aromatic N) is 2. The fraction of sp³-hybridized carbons (Fsp3) is 0.125. The van der Waals surface area contributed by atoms with E-state index in [-0.39, 0.29) is 17.0 Å². The second-order valence-corrected chi connectivity index (χ2v) is 7.72. The number of non-ortho nitro benzene ring substituents is 1. The summed E-state index contributed by atoms with van der Waals surface area (Å²) in [5.74, 6) is -1.13. The molecule has 1 aliphatic heterocycles. The van der Waals surface area contributed by atoms with E-state index in [1.807, 2.05) is 0 Å². The zero-order chi connectivity index (χ0) is 19.1. The number of amides is 2. The lowest BCUT2D eigenvalue weighted by molar-refractivity contribution is -0.385. The van der Waals surface area contributed by atoms with Crippen LogP contribution in [-0.2, 0) is 14.6 Å². The molecule has 3 rings (SSSR count). The number of carbonyl (C=O) groups is 2. The molecule has 0 aromatic heterocycles. The van der Waals surface area contributed by atoms with Crippen molar-refractivity contribution in [2.45, 2.75) is 4.90 Å². The van der Waals surface area contributed by atoms with Crippen molar-refractivity contribution in [3.05, 3.63) is 58.1 Å². The van der Waals surface area contributed by atoms with E-state index in [0.29, 0.717) is 11.4 Å². The molecule has 9 nitrogen and oxygen atoms in total. The van der Waals surface area contributed by atoms with Gasteiger partial charge in [0.1, 0.15) is 6.54 Å². The third-order valence-electron chi connectivity index (χ3n) is 3.79. The molecule has 0 fully saturated rings. The number of nitrogens with one attached hydrogen (secondary N) is 1. The summed E-state index contributed by atoms with van der Waals surface area (Å²) in [7, 11) is -3.77. The lowest BCUT2D eigenvalue weighted by Gasteiger charge is -2.29. The topological polar surface area (TPSA) is 127 Å². The van der Waals surface area contributed by atoms with Gasteiger partial charge in [-0.1, -0.05) is 12.1 Å². The molecule has 0 radical (unpaired) electrons. The van der Waals surface area contributed by atoms with Crippen molar-refractivity contribution < 1.29 is 22.9 Å². The molecule has 0 aliphatic carbocycles. The molecule has 1 aliphatic rings. The molecule has 0 unspecified atom stereocenters. The van der Waals surface area contributed by atoms with Crippen LogP contribution in [0.25, 0.3) is 0 Å². The van der Waals surface area contributed by atoms with Gasteiger partial charge in [0.05, 0.1) is 21.2 Å². The number of rotatable bonds is 3. The van der Waals surface area contributed by atoms with Crippen molar-refractivity contribution in [1.82, 2.24) is 0 Å². The van der Waals surface area contributed by atoms with Crippen molar-refractivity contribution in [3.8, 4) is 0 Å². The highest BCUT2D eigenvalue weighted by Crippen LogP contribution is 2.31. The molecule has 0 bridgehead atoms. The molecular weight excluding hydrogens is 362 g/mol. The zero-order valence-electron chi connectivity index (χ0n) is 13.5. The van der Waals surface area contributed by atoms with E-state index in [1.165, 1.54) is 0 Å². The third-order valence-corrected chi connectivity index (χ3v) is 4.89. The van der Waals surface area contributed by atoms with Crippen LogP contribution in [0.1, 0.15) is 10.4 Å². The SMILES string of the molecule is CS(=O)(=O)c1cc(C(=O)N2CC(=O)Nc3ccccc32)cc([N+](=O)[O-])c1. The molecule has 0 saturated carbocycles. The van der Waals surface area contributed by atoms with Gasteiger partial charge in [-0.3, -0.25) is 24.6 Å². The van der Waals surface area contributed by atoms with Crippen molar-refractivity contribution >= 4 is 38.7 Å². The van der Waals surface area contributed by atoms with Crippen molar-refractivity contribution in [2.24, 2.45) is 0 Å². The highest BCUT2D eigenvalue weighted by molar-refractivity contribution is 7.90. The van der Waals surface area contributed by atoms with Crippen molar-refractivity contribution in [2.75, 3.05) is 23.0 Å². The fourth-order valence-corrected chi connectivity index (χ4v) is 3.27. The molecule has 2 amide bonds. The summed E-state index contributed by atoms with van der Waals surface area (Å²) >= 11 is 0. The number of anilines is 2. The monoisotopic (exact) mass is 375 g/mol. The molecule has 10 heteroatoms. The maximum absolute atomic E-state index is 12.9. The third kappa shape index (κ3) is 3.26. The van der Waals surface area contributed by atoms with Crippen LogP contribution in [0.4, 0.5) is 17.1 Å². The van der Waals surface area contributed by atoms with Crippen LogP contribution in [0.3, 0.4) is 0 Å². The Bertz CT molecular complexity index is 1050. The number of para-hydroxylation sites is 2. The van der Waals surface area contributed by atoms with E-state index in [2.05, 4.69) is 5.32 Å². The largest absolute Gasteiger partial charge is 0.323 e. The minimum absolute atomic E-state index is 0.191. The Morgan fingerprint density at radius 3 is 2.58 bits per heavy atom. The van der Waals surface area contributed by atoms with Crippen LogP contribution in [0, 0.1) is 10.1 Å². The Hall–Kier alpha value is -3.27. The van der Waals surface area contributed by atoms with Gasteiger partial charge < -0.3 is 5.32 Å². The number of hydrogen-bond acceptors (Lipinski definition) is 6. The summed E-state index contributed by atoms with van der Waals surface area (Å²) in [5.41, 5.74) is 0.130. The number of nitro benzene ring substituents is 1. The van der Waals surface area contributed by atoms with E-state index in [9.17, 15) is 28.1 Å². The van der Waals surface area contributed by atoms with Gasteiger partial charge in [0, 0.05) is 24.0 Å². The molecule has 2 aromatic rings. The number of nitro groups is 1. The maximum Gasteiger partial charge on any atom is 0.271 e. The van der Waals surface area contributed by atoms with E-state index < -0.39 is 32.3 Å². The normalized spacial score (nSPS) is 13.7. The standard InChI is InChI=1S/C16H13N3O6S/c1-26(24,25)12-7-10(6-11(8-12)19(22)23)16(21)18-9-15(20)17-13-4-2-3-5-14(13)18/h2-8H,9H2,1H3,(H,17,20). The molecule has 0 saturated heterocycles. The van der Waals surface area contributed by atoms with Crippen LogP contribution >= 0.6 is 0 Å². The predicted octanol–water partition coefficient (Wildman–Crippen LogP) is 1.60. The summed E-state index contributed by atoms with van der Waals surface area (Å²) < 4.78 is 23.6. The maximum atomic E-state index is 12.9. The Kier molecular flexibility index (Phi) is 4.20. The van der Waals surface area contributed by atoms with Crippen LogP contribution < -0.4 is 10.2 Å². The predicted molar refractivity (Wildman–Crippen MR) is 93.0 cm³/mol. The fourth-order valence-electron chi connectivity index (χ4n) is 2.60. The lowest BCUT2D eigenvalue weighted by Crippen LogP contribution is -2.42. The lowest BCUT2D eigenvalue weighted by atomic mass is 10.1. The van der Waals surface area contributed by atoms with Gasteiger partial charge in [-0.2, -0.15) is 0 Å². The molecule has 134 valence electrons. The minimum atomic E-state index is -3.77. The number of hydrogen-bond donors (Lipinski definition) is 1. The average molecular weight is 375 g/mol. The van der Waals surface area contributed by atoms with Crippen molar-refractivity contribution in [1.29, 1.82) is 0 Å². The molecule has 26 heavy (non-hydrogen) atoms. The first-order valence-corrected chi connectivity index (χ1v) is 9.26. The summed E-state index contributed by atoms with van der Waals surface area (Å²) in [5, 5.41) is 13.7. The van der Waals surface area contributed by atoms with Gasteiger partial charge in [0.25, 0.3) is 11.6 Å². The molecule has 0 spiro atoms. The van der Waals surface area contributed by atoms with Crippen LogP contribution in [0.5, 0.6) is 0 Å². The zero-order valence-corrected chi connectivity index (χ0v) is 14.3. The second-order valence-electron chi connectivity index (χ2n) is 5.70. The Balaban J connectivity index is 2.12. The molecule has 1 heterocycles. The highest BCUT2D eigenvalue weighted by atomic mass is 32.2. The van der Waals surface area contributed by atoms with Gasteiger partial charge in [0.15, 0.2) is 9.84 Å². The number of carbonyl (C=O) groups excluding carboxylic acids is 2. The first-order chi connectivity index (χ1) is 12.2. The van der Waals surface area contributed by atoms with Crippen LogP contribution in [0.15, 0.2) is 47.4 Å². The molecular formula is C16H13N3O6S. The van der Waals surface area contributed by atoms with Gasteiger partial charge in [-0.25, -0.2) is 8.42 Å². The minimum Gasteiger partial charge on any atom is -0.323 e. The first kappa shape index (κ1) is 17.5. The second kappa shape index (κ2) is 6.23. The summed E-state index contributed by atoms with van der Waals surface area (Å²) in [6, 6.07) is 9.53. The van der Waals surface area contributed by atoms with E-state index >= 15 is 0 Å². The Morgan fingerprint density at radius 2 is 1.92 bits per heavy atom. The smallest absolute Gasteiger partial charge is 0.271 e. The van der Waals surface area contributed by atoms with Gasteiger partial charge in [0.2, 0.25) is 5.91 Å². The Morgan fingerprint density at radius 1 is 1.23 bits per heavy atom. The summed E-state index contributed by atoms with van der Waals surface area (Å²) in [6.07, 6.45) is 0.893. The Labute approximate surface area is 148 Å². The van der Waals surface area contributed by atoms with Crippen LogP contribution in [-0.4, -0.2) is 38.0 Å². The molecule has 1 N–H and O–H groups in total. The number of benzene rings is 2. The molecule has 0 atom stereocenters. The van der Waals surface area contributed by atoms with E-state index in [0.717, 1.165) is 29.4 Å². The van der Waals surface area contributed by atoms with Gasteiger partial charge in [-0.15, -0.1) is 0 Å². The van der Waals surface area contributed by atoms with Crippen LogP contribution in [0.2, 0.25) is 0 Å². The highest BCUT2D eigenvalue weighted by Gasteiger charge is 2.29. The average Bonchev–Trinajstić information content (AvgIpc) is 2.59. The number of fused-ring (bicyclic) bond motifs is 1. The van der Waals surface area contributed by atoms with Gasteiger partial charge in [-0.05, 0) is 18.2 Å². The van der Waals surface area contributed by atoms with Gasteiger partial charge >= 0.3 is 0 Å². The van der Waals surface area contributed by atoms with E-state index in [1.54, 1.807) is 24.3 Å². The summed E-state index contributed by atoms with van der Waals surface area (Å²) in [6.45, 7) is -0.285. The van der Waals surface area contributed by atoms with E-state index in [4.69, 9.17) is 0 Å². The first-order valence-electron chi connectivity index (χ1n) is 7.37. The molecule has 2 aromatic carbocycles. The summed E-state index contributed by atoms with van der Waals surface area (Å²) in [4.78, 5) is 35.9. The number of sulfone groups is 1. The quantitative estimate of drug-likeness (QED) is 0.641.